The van der Waals surface area contributed by atoms with Crippen molar-refractivity contribution in [3.63, 3.8) is 0 Å². The molecule has 0 aliphatic carbocycles. The molecule has 1 heterocycles. The molecule has 0 aromatic carbocycles. The van der Waals surface area contributed by atoms with Gasteiger partial charge in [0.25, 0.3) is 5.56 Å². The molecule has 4 nitrogen and oxygen atoms in total. The predicted octanol–water partition coefficient (Wildman–Crippen LogP) is 2.17. The fraction of sp³-hybridized carbons (Fsp3) is 0.385. The molecule has 0 radical (unpaired) electrons. The minimum absolute atomic E-state index is 0.0987. The highest BCUT2D eigenvalue weighted by Gasteiger charge is 2.03. The number of hydrogen-bond acceptors (Lipinski definition) is 3. The Morgan fingerprint density at radius 1 is 1.61 bits per heavy atom. The number of aromatic nitrogens is 1. The monoisotopic (exact) mass is 265 g/mol. The smallest absolute Gasteiger partial charge is 0.276 e. The second-order valence-electron chi connectivity index (χ2n) is 3.85. The lowest BCUT2D eigenvalue weighted by molar-refractivity contribution is 0.736. The summed E-state index contributed by atoms with van der Waals surface area (Å²) < 4.78 is 1.66. The molecule has 0 saturated heterocycles. The van der Waals surface area contributed by atoms with Gasteiger partial charge in [-0.2, -0.15) is 11.8 Å². The Hall–Kier alpha value is -1.49. The molecule has 2 N–H and O–H groups in total. The molecule has 0 spiro atoms. The second-order valence-corrected chi connectivity index (χ2v) is 4.84. The minimum atomic E-state index is -0.0987. The summed E-state index contributed by atoms with van der Waals surface area (Å²) in [5.74, 6) is 1.29. The van der Waals surface area contributed by atoms with Crippen LogP contribution >= 0.6 is 11.8 Å². The van der Waals surface area contributed by atoms with E-state index < -0.39 is 0 Å². The third kappa shape index (κ3) is 3.77. The van der Waals surface area contributed by atoms with Crippen molar-refractivity contribution < 1.29 is 0 Å². The van der Waals surface area contributed by atoms with Crippen LogP contribution in [0.5, 0.6) is 0 Å². The number of amidine groups is 1. The van der Waals surface area contributed by atoms with E-state index in [1.165, 1.54) is 0 Å². The number of aliphatic imine (C=N–C) groups is 1. The number of aryl methyl sites for hydroxylation is 1. The van der Waals surface area contributed by atoms with E-state index in [2.05, 4.69) is 4.99 Å². The largest absolute Gasteiger partial charge is 0.383 e. The van der Waals surface area contributed by atoms with Gasteiger partial charge in [0.1, 0.15) is 11.5 Å². The van der Waals surface area contributed by atoms with Gasteiger partial charge >= 0.3 is 0 Å². The summed E-state index contributed by atoms with van der Waals surface area (Å²) in [7, 11) is 0. The first-order chi connectivity index (χ1) is 8.60. The Balaban J connectivity index is 3.08. The zero-order chi connectivity index (χ0) is 13.5. The Morgan fingerprint density at radius 2 is 2.33 bits per heavy atom. The highest BCUT2D eigenvalue weighted by molar-refractivity contribution is 7.98. The summed E-state index contributed by atoms with van der Waals surface area (Å²) >= 11 is 1.70. The van der Waals surface area contributed by atoms with Crippen molar-refractivity contribution in [2.24, 2.45) is 10.7 Å². The van der Waals surface area contributed by atoms with Gasteiger partial charge in [-0.25, -0.2) is 4.99 Å². The van der Waals surface area contributed by atoms with Crippen molar-refractivity contribution >= 4 is 23.3 Å². The van der Waals surface area contributed by atoms with Crippen molar-refractivity contribution in [2.75, 3.05) is 12.0 Å². The fourth-order valence-corrected chi connectivity index (χ4v) is 1.72. The zero-order valence-electron chi connectivity index (χ0n) is 11.0. The molecule has 0 unspecified atom stereocenters. The fourth-order valence-electron chi connectivity index (χ4n) is 1.34. The lowest BCUT2D eigenvalue weighted by Crippen LogP contribution is -2.21. The number of nitrogens with zero attached hydrogens (tertiary/aromatic N) is 2. The SMILES string of the molecule is C/C=C(/C)C(N)=Nc1cccn(CCSC)c1=O. The van der Waals surface area contributed by atoms with Crippen molar-refractivity contribution in [3.05, 3.63) is 40.3 Å². The first-order valence-corrected chi connectivity index (χ1v) is 7.15. The number of rotatable bonds is 5. The average molecular weight is 265 g/mol. The molecular weight excluding hydrogens is 246 g/mol. The van der Waals surface area contributed by atoms with Crippen LogP contribution in [0.1, 0.15) is 13.8 Å². The average Bonchev–Trinajstić information content (AvgIpc) is 2.38. The molecular formula is C13H19N3OS. The van der Waals surface area contributed by atoms with Gasteiger partial charge in [-0.05, 0) is 37.8 Å². The normalized spacial score (nSPS) is 12.8. The number of thioether (sulfide) groups is 1. The summed E-state index contributed by atoms with van der Waals surface area (Å²) in [5.41, 5.74) is 6.97. The molecule has 18 heavy (non-hydrogen) atoms. The molecule has 1 aromatic rings. The third-order valence-corrected chi connectivity index (χ3v) is 3.21. The molecule has 5 heteroatoms. The van der Waals surface area contributed by atoms with E-state index >= 15 is 0 Å². The van der Waals surface area contributed by atoms with Gasteiger partial charge in [-0.15, -0.1) is 0 Å². The van der Waals surface area contributed by atoms with Gasteiger partial charge < -0.3 is 10.3 Å². The maximum absolute atomic E-state index is 12.1. The molecule has 0 amide bonds. The summed E-state index contributed by atoms with van der Waals surface area (Å²) in [4.78, 5) is 16.3. The van der Waals surface area contributed by atoms with E-state index in [0.717, 1.165) is 11.3 Å². The van der Waals surface area contributed by atoms with E-state index in [0.29, 0.717) is 18.1 Å². The molecule has 0 fully saturated rings. The summed E-state index contributed by atoms with van der Waals surface area (Å²) in [6.07, 6.45) is 5.66. The summed E-state index contributed by atoms with van der Waals surface area (Å²) in [5, 5.41) is 0. The lowest BCUT2D eigenvalue weighted by atomic mass is 10.2. The molecule has 0 atom stereocenters. The van der Waals surface area contributed by atoms with Crippen molar-refractivity contribution in [1.82, 2.24) is 4.57 Å². The van der Waals surface area contributed by atoms with E-state index in [4.69, 9.17) is 5.73 Å². The number of nitrogens with two attached hydrogens (primary N) is 1. The molecule has 0 saturated carbocycles. The quantitative estimate of drug-likeness (QED) is 0.655. The maximum Gasteiger partial charge on any atom is 0.276 e. The molecule has 0 aliphatic heterocycles. The highest BCUT2D eigenvalue weighted by Crippen LogP contribution is 2.06. The first kappa shape index (κ1) is 14.6. The van der Waals surface area contributed by atoms with Gasteiger partial charge in [-0.1, -0.05) is 6.08 Å². The highest BCUT2D eigenvalue weighted by atomic mass is 32.2. The number of allylic oxidation sites excluding steroid dienone is 1. The Kier molecular flexibility index (Phi) is 5.71. The topological polar surface area (TPSA) is 60.4 Å². The van der Waals surface area contributed by atoms with Crippen LogP contribution in [0.3, 0.4) is 0 Å². The van der Waals surface area contributed by atoms with E-state index in [9.17, 15) is 4.79 Å². The van der Waals surface area contributed by atoms with Crippen LogP contribution in [0.15, 0.2) is 39.8 Å². The van der Waals surface area contributed by atoms with Gasteiger partial charge in [0.2, 0.25) is 0 Å². The van der Waals surface area contributed by atoms with E-state index in [1.807, 2.05) is 32.2 Å². The molecule has 98 valence electrons. The minimum Gasteiger partial charge on any atom is -0.383 e. The van der Waals surface area contributed by atoms with Crippen LogP contribution in [0.4, 0.5) is 5.69 Å². The molecule has 1 rings (SSSR count). The second kappa shape index (κ2) is 7.06. The maximum atomic E-state index is 12.1. The third-order valence-electron chi connectivity index (χ3n) is 2.61. The Morgan fingerprint density at radius 3 is 2.94 bits per heavy atom. The van der Waals surface area contributed by atoms with Crippen molar-refractivity contribution in [1.29, 1.82) is 0 Å². The van der Waals surface area contributed by atoms with Crippen LogP contribution in [-0.4, -0.2) is 22.4 Å². The van der Waals surface area contributed by atoms with Crippen LogP contribution in [0.25, 0.3) is 0 Å². The van der Waals surface area contributed by atoms with Crippen LogP contribution in [0, 0.1) is 0 Å². The predicted molar refractivity (Wildman–Crippen MR) is 79.8 cm³/mol. The number of hydrogen-bond donors (Lipinski definition) is 1. The van der Waals surface area contributed by atoms with Crippen molar-refractivity contribution in [2.45, 2.75) is 20.4 Å². The Labute approximate surface area is 112 Å². The Bertz CT molecular complexity index is 517. The summed E-state index contributed by atoms with van der Waals surface area (Å²) in [6, 6.07) is 3.51. The van der Waals surface area contributed by atoms with Gasteiger partial charge in [0, 0.05) is 18.5 Å². The zero-order valence-corrected chi connectivity index (χ0v) is 11.8. The first-order valence-electron chi connectivity index (χ1n) is 5.76. The van der Waals surface area contributed by atoms with Crippen LogP contribution in [-0.2, 0) is 6.54 Å². The molecule has 1 aromatic heterocycles. The van der Waals surface area contributed by atoms with Crippen molar-refractivity contribution in [3.8, 4) is 0 Å². The standard InChI is InChI=1S/C13H19N3OS/c1-4-10(2)12(14)15-11-6-5-7-16(13(11)17)8-9-18-3/h4-7H,8-9H2,1-3H3,(H2,14,15)/b10-4-. The van der Waals surface area contributed by atoms with Crippen LogP contribution in [0.2, 0.25) is 0 Å². The van der Waals surface area contributed by atoms with E-state index in [-0.39, 0.29) is 5.56 Å². The molecule has 0 bridgehead atoms. The van der Waals surface area contributed by atoms with Gasteiger partial charge in [0.15, 0.2) is 0 Å². The van der Waals surface area contributed by atoms with E-state index in [1.54, 1.807) is 28.6 Å². The summed E-state index contributed by atoms with van der Waals surface area (Å²) in [6.45, 7) is 4.44. The van der Waals surface area contributed by atoms with Crippen LogP contribution < -0.4 is 11.3 Å². The number of pyridine rings is 1. The van der Waals surface area contributed by atoms with Gasteiger partial charge in [-0.3, -0.25) is 4.79 Å². The van der Waals surface area contributed by atoms with Gasteiger partial charge in [0.05, 0.1) is 0 Å². The lowest BCUT2D eigenvalue weighted by Gasteiger charge is -2.05. The molecule has 0 aliphatic rings.